The predicted octanol–water partition coefficient (Wildman–Crippen LogP) is 13.9. The number of alkyl halides is 1. The third kappa shape index (κ3) is 24.8. The SMILES string of the molecule is CCOC(=O)c1c(CC)ccnc1CC.CCOC(=O)c1c(Cl)ccnc1Br.CCc1ccnc(CC)c1CBr.CCc1ccnc(CC)c1CO.CCc1ccnc(CC)c1CSc1nc(C)cc(=O)[nH]1.Cc1cc(=O)[nH]c(=S)[nH]1.Cl. The molecule has 0 atom stereocenters. The third-order valence-corrected chi connectivity index (χ3v) is 14.5. The lowest BCUT2D eigenvalue weighted by Crippen LogP contribution is -2.12. The molecule has 446 valence electrons. The van der Waals surface area contributed by atoms with E-state index in [4.69, 9.17) is 26.2 Å². The zero-order chi connectivity index (χ0) is 60.4. The molecule has 0 saturated carbocycles. The minimum absolute atomic E-state index is 0. The molecule has 0 unspecified atom stereocenters. The number of thioether (sulfide) groups is 1. The molecule has 0 aliphatic rings. The summed E-state index contributed by atoms with van der Waals surface area (Å²) in [5.41, 5.74) is 15.0. The molecule has 7 aromatic heterocycles. The number of nitrogens with zero attached hydrogens (tertiary/aromatic N) is 6. The number of aromatic amines is 3. The molecule has 0 spiro atoms. The van der Waals surface area contributed by atoms with Gasteiger partial charge in [0.05, 0.1) is 36.1 Å². The second-order valence-electron chi connectivity index (χ2n) is 17.2. The van der Waals surface area contributed by atoms with Gasteiger partial charge in [0.25, 0.3) is 11.1 Å². The molecular weight excluding hydrogens is 1250 g/mol. The van der Waals surface area contributed by atoms with E-state index in [0.717, 1.165) is 102 Å². The Bertz CT molecular complexity index is 3060. The number of H-pyrrole nitrogens is 3. The number of ether oxygens (including phenoxy) is 2. The molecule has 82 heavy (non-hydrogen) atoms. The smallest absolute Gasteiger partial charge is 0.342 e. The van der Waals surface area contributed by atoms with Gasteiger partial charge in [0.1, 0.15) is 10.2 Å². The van der Waals surface area contributed by atoms with Crippen LogP contribution in [0, 0.1) is 18.6 Å². The Hall–Kier alpha value is -5.48. The van der Waals surface area contributed by atoms with E-state index in [2.05, 4.69) is 143 Å². The van der Waals surface area contributed by atoms with Crippen molar-refractivity contribution in [3.8, 4) is 0 Å². The number of hydrogen-bond donors (Lipinski definition) is 4. The Kier molecular flexibility index (Phi) is 37.7. The maximum absolute atomic E-state index is 11.7. The number of rotatable bonds is 17. The molecule has 0 amide bonds. The van der Waals surface area contributed by atoms with E-state index in [9.17, 15) is 19.2 Å². The lowest BCUT2D eigenvalue weighted by Gasteiger charge is -2.11. The van der Waals surface area contributed by atoms with Gasteiger partial charge >= 0.3 is 11.9 Å². The van der Waals surface area contributed by atoms with Crippen LogP contribution in [0.1, 0.15) is 163 Å². The van der Waals surface area contributed by atoms with Gasteiger partial charge in [-0.25, -0.2) is 19.6 Å². The highest BCUT2D eigenvalue weighted by atomic mass is 79.9. The third-order valence-electron chi connectivity index (χ3n) is 11.9. The molecule has 0 radical (unpaired) electrons. The maximum atomic E-state index is 11.7. The number of pyridine rings is 5. The summed E-state index contributed by atoms with van der Waals surface area (Å²) >= 11 is 18.6. The highest BCUT2D eigenvalue weighted by Crippen LogP contribution is 2.25. The van der Waals surface area contributed by atoms with Crippen molar-refractivity contribution < 1.29 is 24.2 Å². The Balaban J connectivity index is 0.000000499. The van der Waals surface area contributed by atoms with Crippen molar-refractivity contribution >= 4 is 91.8 Å². The number of aliphatic hydroxyl groups excluding tert-OH is 1. The molecule has 0 fully saturated rings. The zero-order valence-corrected chi connectivity index (χ0v) is 55.4. The first-order valence-electron chi connectivity index (χ1n) is 27.0. The van der Waals surface area contributed by atoms with Crippen molar-refractivity contribution in [1.29, 1.82) is 0 Å². The summed E-state index contributed by atoms with van der Waals surface area (Å²) in [7, 11) is 0. The first-order chi connectivity index (χ1) is 38.9. The van der Waals surface area contributed by atoms with Crippen molar-refractivity contribution in [3.05, 3.63) is 193 Å². The van der Waals surface area contributed by atoms with Gasteiger partial charge in [-0.05, 0) is 171 Å². The van der Waals surface area contributed by atoms with Crippen LogP contribution in [-0.4, -0.2) is 75.1 Å². The van der Waals surface area contributed by atoms with E-state index in [1.54, 1.807) is 37.9 Å². The van der Waals surface area contributed by atoms with Gasteiger partial charge in [-0.2, -0.15) is 0 Å². The fourth-order valence-electron chi connectivity index (χ4n) is 7.90. The van der Waals surface area contributed by atoms with Crippen molar-refractivity contribution in [2.45, 2.75) is 157 Å². The number of aliphatic hydroxyl groups is 1. The minimum atomic E-state index is -0.465. The fraction of sp³-hybridized carbons (Fsp3) is 0.417. The summed E-state index contributed by atoms with van der Waals surface area (Å²) in [6.45, 7) is 24.7. The number of carbonyl (C=O) groups is 2. The van der Waals surface area contributed by atoms with Crippen LogP contribution in [0.4, 0.5) is 0 Å². The van der Waals surface area contributed by atoms with Gasteiger partial charge < -0.3 is 24.5 Å². The van der Waals surface area contributed by atoms with Gasteiger partial charge in [-0.1, -0.05) is 94.7 Å². The maximum Gasteiger partial charge on any atom is 0.342 e. The first kappa shape index (κ1) is 74.5. The van der Waals surface area contributed by atoms with E-state index in [1.807, 2.05) is 58.4 Å². The quantitative estimate of drug-likeness (QED) is 0.0166. The van der Waals surface area contributed by atoms with Gasteiger partial charge in [0, 0.05) is 88.2 Å². The molecular formula is C60H79Br2Cl2N9O7S2. The molecule has 7 aromatic rings. The largest absolute Gasteiger partial charge is 0.462 e. The molecule has 0 saturated heterocycles. The Labute approximate surface area is 520 Å². The highest BCUT2D eigenvalue weighted by Gasteiger charge is 2.18. The van der Waals surface area contributed by atoms with Crippen LogP contribution in [0.15, 0.2) is 92.8 Å². The first-order valence-corrected chi connectivity index (χ1v) is 30.7. The molecule has 0 bridgehead atoms. The van der Waals surface area contributed by atoms with Crippen LogP contribution in [-0.2, 0) is 78.5 Å². The number of aryl methyl sites for hydroxylation is 10. The number of aromatic nitrogens is 9. The monoisotopic (exact) mass is 1330 g/mol. The average molecular weight is 1330 g/mol. The van der Waals surface area contributed by atoms with Crippen LogP contribution in [0.5, 0.6) is 0 Å². The van der Waals surface area contributed by atoms with Crippen LogP contribution in [0.2, 0.25) is 5.02 Å². The molecule has 0 aliphatic heterocycles. The van der Waals surface area contributed by atoms with Crippen LogP contribution < -0.4 is 11.1 Å². The van der Waals surface area contributed by atoms with E-state index in [-0.39, 0.29) is 41.7 Å². The molecule has 0 aliphatic carbocycles. The number of carbonyl (C=O) groups excluding carboxylic acids is 2. The van der Waals surface area contributed by atoms with E-state index < -0.39 is 5.97 Å². The van der Waals surface area contributed by atoms with Gasteiger partial charge in [0.15, 0.2) is 9.93 Å². The van der Waals surface area contributed by atoms with Crippen LogP contribution in [0.25, 0.3) is 0 Å². The lowest BCUT2D eigenvalue weighted by molar-refractivity contribution is 0.0514. The zero-order valence-electron chi connectivity index (χ0n) is 49.1. The minimum Gasteiger partial charge on any atom is -0.462 e. The van der Waals surface area contributed by atoms with Crippen LogP contribution in [0.3, 0.4) is 0 Å². The molecule has 16 nitrogen and oxygen atoms in total. The highest BCUT2D eigenvalue weighted by molar-refractivity contribution is 9.10. The van der Waals surface area contributed by atoms with Crippen molar-refractivity contribution in [2.24, 2.45) is 0 Å². The van der Waals surface area contributed by atoms with Crippen LogP contribution >= 0.6 is 79.8 Å². The number of esters is 2. The molecule has 4 N–H and O–H groups in total. The van der Waals surface area contributed by atoms with Gasteiger partial charge in [-0.3, -0.25) is 34.5 Å². The average Bonchev–Trinajstić information content (AvgIpc) is 3.51. The summed E-state index contributed by atoms with van der Waals surface area (Å²) in [5, 5.41) is 11.0. The Morgan fingerprint density at radius 1 is 0.598 bits per heavy atom. The van der Waals surface area contributed by atoms with Crippen molar-refractivity contribution in [1.82, 2.24) is 44.9 Å². The van der Waals surface area contributed by atoms with Gasteiger partial charge in [0.2, 0.25) is 0 Å². The summed E-state index contributed by atoms with van der Waals surface area (Å²) in [6.07, 6.45) is 16.3. The molecule has 7 heterocycles. The van der Waals surface area contributed by atoms with E-state index in [0.29, 0.717) is 38.3 Å². The molecule has 22 heteroatoms. The number of hydrogen-bond acceptors (Lipinski definition) is 15. The van der Waals surface area contributed by atoms with E-state index in [1.165, 1.54) is 51.8 Å². The topological polar surface area (TPSA) is 232 Å². The predicted molar refractivity (Wildman–Crippen MR) is 343 cm³/mol. The molecule has 0 aromatic carbocycles. The fourth-order valence-corrected chi connectivity index (χ4v) is 10.7. The molecule has 7 rings (SSSR count). The summed E-state index contributed by atoms with van der Waals surface area (Å²) in [5.74, 6) is 0.0684. The van der Waals surface area contributed by atoms with Crippen molar-refractivity contribution in [3.63, 3.8) is 0 Å². The Morgan fingerprint density at radius 2 is 1.04 bits per heavy atom. The second-order valence-corrected chi connectivity index (χ2v) is 20.3. The second kappa shape index (κ2) is 41.5. The summed E-state index contributed by atoms with van der Waals surface area (Å²) in [6, 6.07) is 12.5. The summed E-state index contributed by atoms with van der Waals surface area (Å²) in [4.78, 5) is 78.5. The lowest BCUT2D eigenvalue weighted by atomic mass is 10.0. The Morgan fingerprint density at radius 3 is 1.48 bits per heavy atom. The number of nitrogens with one attached hydrogen (secondary N) is 3. The van der Waals surface area contributed by atoms with Gasteiger partial charge in [-0.15, -0.1) is 12.4 Å². The standard InChI is InChI=1S/C15H19N3OS.C12H17NO2.C10H14BrN.C10H15NO.C8H7BrClNO2.C5H6N2OS.ClH/c1-4-11-6-7-16-13(5-2)12(11)9-20-15-17-10(3)8-14(19)18-15;1-4-9-7-8-13-10(5-2)11(9)12(14)15-6-3;1-3-8-5-6-12-10(4-2)9(8)7-11;1-3-8-5-6-11-10(4-2)9(8)7-12;1-2-13-8(12)6-5(10)3-4-11-7(6)9;1-3-2-4(8)7-5(9)6-3;/h6-8H,4-5,9H2,1-3H3,(H,17,18,19);7-8H,4-6H2,1-3H3;5-6H,3-4,7H2,1-2H3;5-6,12H,3-4,7H2,1-2H3;3-4H,2H2,1H3;2H,1H3,(H2,6,7,8,9);1H. The van der Waals surface area contributed by atoms with Crippen molar-refractivity contribution in [2.75, 3.05) is 13.2 Å². The normalized spacial score (nSPS) is 10.0. The number of halogens is 4. The van der Waals surface area contributed by atoms with E-state index >= 15 is 0 Å². The summed E-state index contributed by atoms with van der Waals surface area (Å²) < 4.78 is 10.6.